The first-order valence-corrected chi connectivity index (χ1v) is 7.88. The van der Waals surface area contributed by atoms with E-state index in [4.69, 9.17) is 5.73 Å². The molecule has 1 saturated heterocycles. The molecule has 3 N–H and O–H groups in total. The Morgan fingerprint density at radius 3 is 2.64 bits per heavy atom. The summed E-state index contributed by atoms with van der Waals surface area (Å²) in [6, 6.07) is 7.67. The molecular formula is C16H20N6O3. The number of rotatable bonds is 6. The molecule has 1 fully saturated rings. The highest BCUT2D eigenvalue weighted by Crippen LogP contribution is 2.23. The second kappa shape index (κ2) is 8.77. The van der Waals surface area contributed by atoms with Crippen LogP contribution in [0, 0.1) is 21.4 Å². The van der Waals surface area contributed by atoms with Gasteiger partial charge in [0.2, 0.25) is 0 Å². The third-order valence-electron chi connectivity index (χ3n) is 3.88. The molecule has 0 aromatic heterocycles. The molecule has 0 bridgehead atoms. The lowest BCUT2D eigenvalue weighted by Crippen LogP contribution is -2.45. The number of para-hydroxylation sites is 2. The lowest BCUT2D eigenvalue weighted by molar-refractivity contribution is -0.383. The molecule has 0 saturated carbocycles. The molecule has 0 radical (unpaired) electrons. The number of anilines is 1. The number of hydrogen-bond donors (Lipinski definition) is 2. The summed E-state index contributed by atoms with van der Waals surface area (Å²) in [5.74, 6) is -0.666. The first kappa shape index (κ1) is 18.4. The lowest BCUT2D eigenvalue weighted by atomic mass is 10.2. The fourth-order valence-corrected chi connectivity index (χ4v) is 2.55. The maximum atomic E-state index is 12.3. The Morgan fingerprint density at radius 1 is 1.36 bits per heavy atom. The molecular weight excluding hydrogens is 324 g/mol. The van der Waals surface area contributed by atoms with Crippen LogP contribution in [0.4, 0.5) is 11.4 Å². The molecule has 132 valence electrons. The highest BCUT2D eigenvalue weighted by atomic mass is 16.6. The van der Waals surface area contributed by atoms with Crippen LogP contribution in [0.3, 0.4) is 0 Å². The molecule has 0 atom stereocenters. The normalized spacial score (nSPS) is 15.5. The van der Waals surface area contributed by atoms with Gasteiger partial charge < -0.3 is 16.0 Å². The lowest BCUT2D eigenvalue weighted by Gasteiger charge is -2.33. The van der Waals surface area contributed by atoms with Crippen LogP contribution >= 0.6 is 0 Å². The highest BCUT2D eigenvalue weighted by Gasteiger charge is 2.19. The van der Waals surface area contributed by atoms with Gasteiger partial charge in [0, 0.05) is 51.5 Å². The van der Waals surface area contributed by atoms with Gasteiger partial charge in [-0.1, -0.05) is 12.1 Å². The Labute approximate surface area is 145 Å². The van der Waals surface area contributed by atoms with Crippen molar-refractivity contribution < 1.29 is 9.72 Å². The molecule has 1 heterocycles. The quantitative estimate of drug-likeness (QED) is 0.333. The summed E-state index contributed by atoms with van der Waals surface area (Å²) in [4.78, 5) is 26.8. The van der Waals surface area contributed by atoms with Crippen molar-refractivity contribution in [3.63, 3.8) is 0 Å². The molecule has 25 heavy (non-hydrogen) atoms. The number of piperazine rings is 1. The minimum absolute atomic E-state index is 0.0615. The monoisotopic (exact) mass is 344 g/mol. The summed E-state index contributed by atoms with van der Waals surface area (Å²) < 4.78 is 0. The van der Waals surface area contributed by atoms with Crippen molar-refractivity contribution in [3.8, 4) is 6.07 Å². The standard InChI is InChI=1S/C16H20N6O3/c17-5-6-20-7-9-21(10-8-20)12-13(11-18)16(23)19-14-3-1-2-4-15(14)22(24)25/h1-4,12H,5-10,17H2,(H,19,23)/b13-12-. The first-order valence-electron chi connectivity index (χ1n) is 7.88. The molecule has 0 unspecified atom stereocenters. The minimum atomic E-state index is -0.666. The van der Waals surface area contributed by atoms with E-state index in [-0.39, 0.29) is 16.9 Å². The maximum Gasteiger partial charge on any atom is 0.292 e. The molecule has 0 aliphatic carbocycles. The SMILES string of the molecule is N#C/C(=C/N1CCN(CCN)CC1)C(=O)Nc1ccccc1[N+](=O)[O-]. The minimum Gasteiger partial charge on any atom is -0.374 e. The van der Waals surface area contributed by atoms with E-state index in [1.54, 1.807) is 6.07 Å². The fraction of sp³-hybridized carbons (Fsp3) is 0.375. The van der Waals surface area contributed by atoms with Crippen LogP contribution in [0.15, 0.2) is 36.0 Å². The van der Waals surface area contributed by atoms with E-state index >= 15 is 0 Å². The molecule has 2 rings (SSSR count). The summed E-state index contributed by atoms with van der Waals surface area (Å²) in [6.45, 7) is 4.39. The molecule has 9 heteroatoms. The van der Waals surface area contributed by atoms with Crippen molar-refractivity contribution in [1.29, 1.82) is 5.26 Å². The van der Waals surface area contributed by atoms with E-state index in [1.807, 2.05) is 11.0 Å². The summed E-state index contributed by atoms with van der Waals surface area (Å²) in [6.07, 6.45) is 1.50. The van der Waals surface area contributed by atoms with Crippen molar-refractivity contribution in [1.82, 2.24) is 9.80 Å². The Morgan fingerprint density at radius 2 is 2.04 bits per heavy atom. The zero-order valence-electron chi connectivity index (χ0n) is 13.7. The largest absolute Gasteiger partial charge is 0.374 e. The van der Waals surface area contributed by atoms with E-state index < -0.39 is 10.8 Å². The second-order valence-electron chi connectivity index (χ2n) is 5.55. The van der Waals surface area contributed by atoms with E-state index in [0.29, 0.717) is 19.6 Å². The van der Waals surface area contributed by atoms with Gasteiger partial charge in [-0.3, -0.25) is 19.8 Å². The number of carbonyl (C=O) groups excluding carboxylic acids is 1. The third kappa shape index (κ3) is 5.00. The molecule has 1 amide bonds. The highest BCUT2D eigenvalue weighted by molar-refractivity contribution is 6.07. The number of nitro groups is 1. The van der Waals surface area contributed by atoms with Crippen molar-refractivity contribution in [2.45, 2.75) is 0 Å². The van der Waals surface area contributed by atoms with Crippen LogP contribution in [0.5, 0.6) is 0 Å². The third-order valence-corrected chi connectivity index (χ3v) is 3.88. The zero-order valence-corrected chi connectivity index (χ0v) is 13.7. The number of carbonyl (C=O) groups is 1. The molecule has 1 aromatic carbocycles. The van der Waals surface area contributed by atoms with Crippen molar-refractivity contribution in [3.05, 3.63) is 46.2 Å². The van der Waals surface area contributed by atoms with Crippen LogP contribution in [-0.4, -0.2) is 59.9 Å². The number of nitrogens with two attached hydrogens (primary N) is 1. The summed E-state index contributed by atoms with van der Waals surface area (Å²) in [7, 11) is 0. The molecule has 0 spiro atoms. The van der Waals surface area contributed by atoms with Gasteiger partial charge in [0.15, 0.2) is 0 Å². The fourth-order valence-electron chi connectivity index (χ4n) is 2.55. The van der Waals surface area contributed by atoms with E-state index in [0.717, 1.165) is 19.6 Å². The Bertz CT molecular complexity index is 704. The smallest absolute Gasteiger partial charge is 0.292 e. The van der Waals surface area contributed by atoms with Gasteiger partial charge in [-0.15, -0.1) is 0 Å². The van der Waals surface area contributed by atoms with Crippen molar-refractivity contribution in [2.75, 3.05) is 44.6 Å². The van der Waals surface area contributed by atoms with Gasteiger partial charge in [-0.2, -0.15) is 5.26 Å². The maximum absolute atomic E-state index is 12.3. The number of amides is 1. The Kier molecular flexibility index (Phi) is 6.45. The topological polar surface area (TPSA) is 129 Å². The number of nitrogens with one attached hydrogen (secondary N) is 1. The van der Waals surface area contributed by atoms with Crippen molar-refractivity contribution in [2.24, 2.45) is 5.73 Å². The second-order valence-corrected chi connectivity index (χ2v) is 5.55. The van der Waals surface area contributed by atoms with Crippen LogP contribution in [0.25, 0.3) is 0 Å². The van der Waals surface area contributed by atoms with Gasteiger partial charge in [0.1, 0.15) is 17.3 Å². The number of hydrogen-bond acceptors (Lipinski definition) is 7. The molecule has 9 nitrogen and oxygen atoms in total. The number of benzene rings is 1. The predicted octanol–water partition coefficient (Wildman–Crippen LogP) is 0.517. The van der Waals surface area contributed by atoms with Crippen molar-refractivity contribution >= 4 is 17.3 Å². The Balaban J connectivity index is 2.05. The van der Waals surface area contributed by atoms with Gasteiger partial charge in [-0.25, -0.2) is 0 Å². The van der Waals surface area contributed by atoms with Gasteiger partial charge in [-0.05, 0) is 6.07 Å². The molecule has 1 aliphatic rings. The van der Waals surface area contributed by atoms with E-state index in [1.165, 1.54) is 24.4 Å². The van der Waals surface area contributed by atoms with E-state index in [2.05, 4.69) is 10.2 Å². The summed E-state index contributed by atoms with van der Waals surface area (Å²) in [5.41, 5.74) is 5.28. The predicted molar refractivity (Wildman–Crippen MR) is 92.5 cm³/mol. The zero-order chi connectivity index (χ0) is 18.2. The number of nitro benzene ring substituents is 1. The van der Waals surface area contributed by atoms with Crippen LogP contribution in [0.2, 0.25) is 0 Å². The molecule has 1 aromatic rings. The average Bonchev–Trinajstić information content (AvgIpc) is 2.61. The number of nitrogens with zero attached hydrogens (tertiary/aromatic N) is 4. The Hall–Kier alpha value is -2.96. The van der Waals surface area contributed by atoms with Crippen LogP contribution in [0.1, 0.15) is 0 Å². The summed E-state index contributed by atoms with van der Waals surface area (Å²) >= 11 is 0. The first-order chi connectivity index (χ1) is 12.0. The summed E-state index contributed by atoms with van der Waals surface area (Å²) in [5, 5.41) is 22.7. The molecule has 1 aliphatic heterocycles. The van der Waals surface area contributed by atoms with Gasteiger partial charge in [0.25, 0.3) is 11.6 Å². The van der Waals surface area contributed by atoms with Crippen LogP contribution in [-0.2, 0) is 4.79 Å². The van der Waals surface area contributed by atoms with Gasteiger partial charge in [0.05, 0.1) is 4.92 Å². The van der Waals surface area contributed by atoms with Gasteiger partial charge >= 0.3 is 0 Å². The van der Waals surface area contributed by atoms with Crippen LogP contribution < -0.4 is 11.1 Å². The average molecular weight is 344 g/mol. The van der Waals surface area contributed by atoms with E-state index in [9.17, 15) is 20.2 Å². The number of nitriles is 1.